The van der Waals surface area contributed by atoms with Crippen LogP contribution in [0.4, 0.5) is 5.82 Å². The Morgan fingerprint density at radius 3 is 2.43 bits per heavy atom. The van der Waals surface area contributed by atoms with E-state index < -0.39 is 20.0 Å². The monoisotopic (exact) mass is 424 g/mol. The number of hydrogen-bond acceptors (Lipinski definition) is 5. The quantitative estimate of drug-likeness (QED) is 0.549. The Hall–Kier alpha value is -1.15. The number of nitrogens with zero attached hydrogens (tertiary/aromatic N) is 4. The molecule has 1 fully saturated rings. The molecule has 0 aromatic carbocycles. The zero-order valence-electron chi connectivity index (χ0n) is 18.1. The van der Waals surface area contributed by atoms with Crippen molar-refractivity contribution in [1.29, 1.82) is 0 Å². The normalized spacial score (nSPS) is 17.1. The van der Waals surface area contributed by atoms with Gasteiger partial charge in [0.15, 0.2) is 14.1 Å². The molecule has 1 N–H and O–H groups in total. The third-order valence-electron chi connectivity index (χ3n) is 6.44. The Morgan fingerprint density at radius 1 is 1.25 bits per heavy atom. The summed E-state index contributed by atoms with van der Waals surface area (Å²) < 4.78 is 8.18. The number of fused-ring (bicyclic) bond motifs is 1. The maximum absolute atomic E-state index is 11.1. The number of anilines is 1. The predicted octanol–water partition coefficient (Wildman–Crippen LogP) is 4.41. The van der Waals surface area contributed by atoms with E-state index in [1.54, 1.807) is 6.20 Å². The van der Waals surface area contributed by atoms with Crippen LogP contribution in [0.25, 0.3) is 10.9 Å². The van der Waals surface area contributed by atoms with Crippen molar-refractivity contribution in [3.05, 3.63) is 17.4 Å². The van der Waals surface area contributed by atoms with E-state index in [1.165, 1.54) is 6.42 Å². The Balaban J connectivity index is 1.92. The van der Waals surface area contributed by atoms with E-state index in [-0.39, 0.29) is 11.6 Å². The van der Waals surface area contributed by atoms with Gasteiger partial charge in [0.2, 0.25) is 0 Å². The molecular weight excluding hydrogens is 392 g/mol. The molecule has 2 aromatic rings. The van der Waals surface area contributed by atoms with Gasteiger partial charge < -0.3 is 14.4 Å². The van der Waals surface area contributed by atoms with Crippen LogP contribution in [0.1, 0.15) is 41.0 Å². The minimum absolute atomic E-state index is 0.0964. The molecule has 1 aliphatic rings. The minimum atomic E-state index is -1.95. The van der Waals surface area contributed by atoms with Crippen molar-refractivity contribution >= 4 is 36.6 Å². The van der Waals surface area contributed by atoms with E-state index in [0.29, 0.717) is 5.15 Å². The summed E-state index contributed by atoms with van der Waals surface area (Å²) in [6.45, 7) is 17.2. The molecule has 3 heterocycles. The number of aromatic nitrogens is 3. The van der Waals surface area contributed by atoms with Gasteiger partial charge in [-0.1, -0.05) is 32.4 Å². The lowest BCUT2D eigenvalue weighted by molar-refractivity contribution is 0.0106. The molecule has 0 saturated carbocycles. The van der Waals surface area contributed by atoms with Gasteiger partial charge in [0.05, 0.1) is 23.0 Å². The van der Waals surface area contributed by atoms with Crippen LogP contribution in [-0.2, 0) is 9.96 Å². The molecule has 0 spiro atoms. The summed E-state index contributed by atoms with van der Waals surface area (Å²) in [5, 5.41) is 17.4. The number of aliphatic hydroxyl groups excluding tert-OH is 1. The Morgan fingerprint density at radius 2 is 1.89 bits per heavy atom. The molecule has 2 aromatic heterocycles. The van der Waals surface area contributed by atoms with Gasteiger partial charge in [-0.3, -0.25) is 4.68 Å². The predicted molar refractivity (Wildman–Crippen MR) is 118 cm³/mol. The van der Waals surface area contributed by atoms with Crippen LogP contribution in [0.3, 0.4) is 0 Å². The lowest BCUT2D eigenvalue weighted by atomic mass is 9.98. The van der Waals surface area contributed by atoms with Gasteiger partial charge in [0.1, 0.15) is 11.3 Å². The van der Waals surface area contributed by atoms with Crippen molar-refractivity contribution in [3.63, 3.8) is 0 Å². The van der Waals surface area contributed by atoms with Crippen LogP contribution >= 0.6 is 11.6 Å². The Labute approximate surface area is 174 Å². The summed E-state index contributed by atoms with van der Waals surface area (Å²) in [6.07, 6.45) is 2.24. The van der Waals surface area contributed by atoms with Crippen molar-refractivity contribution < 1.29 is 9.53 Å². The minimum Gasteiger partial charge on any atom is -0.414 e. The van der Waals surface area contributed by atoms with Gasteiger partial charge in [0, 0.05) is 25.4 Å². The van der Waals surface area contributed by atoms with Crippen molar-refractivity contribution in [2.45, 2.75) is 70.8 Å². The fraction of sp³-hybridized carbons (Fsp3) is 0.700. The van der Waals surface area contributed by atoms with Gasteiger partial charge in [-0.25, -0.2) is 4.98 Å². The molecule has 1 unspecified atom stereocenters. The highest BCUT2D eigenvalue weighted by atomic mass is 35.5. The molecule has 28 heavy (non-hydrogen) atoms. The number of rotatable bonds is 6. The molecule has 6 nitrogen and oxygen atoms in total. The average molecular weight is 425 g/mol. The summed E-state index contributed by atoms with van der Waals surface area (Å²) in [4.78, 5) is 6.49. The van der Waals surface area contributed by atoms with Gasteiger partial charge in [-0.15, -0.1) is 0 Å². The van der Waals surface area contributed by atoms with Gasteiger partial charge in [-0.2, -0.15) is 5.10 Å². The SMILES string of the molecule is CC(C)(C(O)CO[Si](C)(C)C(C)(C)C)n1nc(N2CCC2)c2cnc(Cl)cc21. The van der Waals surface area contributed by atoms with Crippen LogP contribution < -0.4 is 4.90 Å². The number of pyridine rings is 1. The van der Waals surface area contributed by atoms with Gasteiger partial charge in [0.25, 0.3) is 0 Å². The molecule has 8 heteroatoms. The molecule has 0 aliphatic carbocycles. The topological polar surface area (TPSA) is 63.4 Å². The highest BCUT2D eigenvalue weighted by molar-refractivity contribution is 6.74. The summed E-state index contributed by atoms with van der Waals surface area (Å²) in [6, 6.07) is 1.83. The molecular formula is C20H33ClN4O2Si. The van der Waals surface area contributed by atoms with Crippen LogP contribution in [0.5, 0.6) is 0 Å². The first kappa shape index (κ1) is 21.6. The Bertz CT molecular complexity index is 856. The first-order valence-corrected chi connectivity index (χ1v) is 13.2. The van der Waals surface area contributed by atoms with E-state index in [0.717, 1.165) is 29.8 Å². The van der Waals surface area contributed by atoms with Crippen molar-refractivity contribution in [1.82, 2.24) is 14.8 Å². The molecule has 3 rings (SSSR count). The van der Waals surface area contributed by atoms with Crippen molar-refractivity contribution in [3.8, 4) is 0 Å². The number of hydrogen-bond donors (Lipinski definition) is 1. The van der Waals surface area contributed by atoms with E-state index in [2.05, 4.69) is 43.7 Å². The zero-order chi connectivity index (χ0) is 20.9. The second-order valence-electron chi connectivity index (χ2n) is 9.84. The van der Waals surface area contributed by atoms with Gasteiger partial charge >= 0.3 is 0 Å². The molecule has 1 aliphatic heterocycles. The first-order chi connectivity index (χ1) is 12.8. The molecule has 0 radical (unpaired) electrons. The smallest absolute Gasteiger partial charge is 0.192 e. The van der Waals surface area contributed by atoms with Crippen LogP contribution in [0, 0.1) is 0 Å². The van der Waals surface area contributed by atoms with Crippen molar-refractivity contribution in [2.75, 3.05) is 24.6 Å². The second-order valence-corrected chi connectivity index (χ2v) is 15.0. The van der Waals surface area contributed by atoms with E-state index >= 15 is 0 Å². The van der Waals surface area contributed by atoms with E-state index in [4.69, 9.17) is 21.1 Å². The summed E-state index contributed by atoms with van der Waals surface area (Å²) >= 11 is 6.18. The largest absolute Gasteiger partial charge is 0.414 e. The third-order valence-corrected chi connectivity index (χ3v) is 11.1. The average Bonchev–Trinajstić information content (AvgIpc) is 2.89. The lowest BCUT2D eigenvalue weighted by Crippen LogP contribution is -2.48. The fourth-order valence-corrected chi connectivity index (χ4v) is 4.18. The highest BCUT2D eigenvalue weighted by Crippen LogP contribution is 2.38. The fourth-order valence-electron chi connectivity index (χ4n) is 3.02. The standard InChI is InChI=1S/C20H33ClN4O2Si/c1-19(2,3)28(6,7)27-13-16(26)20(4,5)25-15-11-17(21)22-12-14(15)18(23-25)24-9-8-10-24/h11-12,16,26H,8-10,13H2,1-7H3. The van der Waals surface area contributed by atoms with E-state index in [9.17, 15) is 5.11 Å². The van der Waals surface area contributed by atoms with Crippen molar-refractivity contribution in [2.24, 2.45) is 0 Å². The van der Waals surface area contributed by atoms with Crippen LogP contribution in [0.2, 0.25) is 23.3 Å². The first-order valence-electron chi connectivity index (χ1n) is 9.96. The molecule has 0 amide bonds. The maximum atomic E-state index is 11.1. The third kappa shape index (κ3) is 3.82. The van der Waals surface area contributed by atoms with E-state index in [1.807, 2.05) is 24.6 Å². The lowest BCUT2D eigenvalue weighted by Gasteiger charge is -2.39. The van der Waals surface area contributed by atoms with Gasteiger partial charge in [-0.05, 0) is 38.4 Å². The Kier molecular flexibility index (Phi) is 5.60. The molecule has 1 saturated heterocycles. The van der Waals surface area contributed by atoms with Crippen LogP contribution in [0.15, 0.2) is 12.3 Å². The highest BCUT2D eigenvalue weighted by Gasteiger charge is 2.40. The van der Waals surface area contributed by atoms with Crippen LogP contribution in [-0.4, -0.2) is 54.0 Å². The maximum Gasteiger partial charge on any atom is 0.192 e. The second kappa shape index (κ2) is 7.27. The molecule has 0 bridgehead atoms. The molecule has 1 atom stereocenters. The zero-order valence-corrected chi connectivity index (χ0v) is 19.8. The number of aliphatic hydroxyl groups is 1. The molecule has 156 valence electrons. The summed E-state index contributed by atoms with van der Waals surface area (Å²) in [7, 11) is -1.95. The number of halogens is 1. The summed E-state index contributed by atoms with van der Waals surface area (Å²) in [5.41, 5.74) is 0.229. The summed E-state index contributed by atoms with van der Waals surface area (Å²) in [5.74, 6) is 0.913.